The standard InChI is InChI=1S/C14H18O6S/c1-17-10-4-3-9(14(15)16)5-11(10)20-13-7-18-6-12(13)19-8-21-2/h3-5,12-13H,6-8H2,1-2H3,(H,15,16). The first kappa shape index (κ1) is 15.9. The minimum Gasteiger partial charge on any atom is -0.493 e. The normalized spacial score (nSPS) is 21.2. The summed E-state index contributed by atoms with van der Waals surface area (Å²) < 4.78 is 22.1. The van der Waals surface area contributed by atoms with Crippen molar-refractivity contribution < 1.29 is 28.8 Å². The van der Waals surface area contributed by atoms with E-state index in [-0.39, 0.29) is 17.8 Å². The molecular formula is C14H18O6S. The van der Waals surface area contributed by atoms with Crippen LogP contribution in [0.5, 0.6) is 11.5 Å². The monoisotopic (exact) mass is 314 g/mol. The number of benzene rings is 1. The fourth-order valence-electron chi connectivity index (χ4n) is 2.00. The average molecular weight is 314 g/mol. The van der Waals surface area contributed by atoms with E-state index in [0.717, 1.165) is 0 Å². The summed E-state index contributed by atoms with van der Waals surface area (Å²) in [7, 11) is 1.51. The van der Waals surface area contributed by atoms with Crippen molar-refractivity contribution in [1.29, 1.82) is 0 Å². The molecular weight excluding hydrogens is 296 g/mol. The van der Waals surface area contributed by atoms with E-state index in [1.165, 1.54) is 19.2 Å². The van der Waals surface area contributed by atoms with Gasteiger partial charge in [0, 0.05) is 0 Å². The summed E-state index contributed by atoms with van der Waals surface area (Å²) in [6.07, 6.45) is 1.50. The molecule has 0 aromatic heterocycles. The lowest BCUT2D eigenvalue weighted by molar-refractivity contribution is 0.0235. The third-order valence-corrected chi connectivity index (χ3v) is 3.44. The summed E-state index contributed by atoms with van der Waals surface area (Å²) in [5.41, 5.74) is 0.145. The number of thioether (sulfide) groups is 1. The Balaban J connectivity index is 2.13. The Bertz CT molecular complexity index is 492. The lowest BCUT2D eigenvalue weighted by atomic mass is 10.2. The van der Waals surface area contributed by atoms with Gasteiger partial charge in [-0.2, -0.15) is 0 Å². The molecule has 0 spiro atoms. The Morgan fingerprint density at radius 3 is 2.81 bits per heavy atom. The van der Waals surface area contributed by atoms with Crippen LogP contribution in [0.3, 0.4) is 0 Å². The van der Waals surface area contributed by atoms with Gasteiger partial charge < -0.3 is 24.1 Å². The van der Waals surface area contributed by atoms with Crippen molar-refractivity contribution in [2.75, 3.05) is 32.5 Å². The summed E-state index contributed by atoms with van der Waals surface area (Å²) in [5.74, 6) is 0.404. The van der Waals surface area contributed by atoms with Gasteiger partial charge in [-0.1, -0.05) is 0 Å². The summed E-state index contributed by atoms with van der Waals surface area (Å²) in [5, 5.41) is 9.05. The van der Waals surface area contributed by atoms with Crippen molar-refractivity contribution in [3.05, 3.63) is 23.8 Å². The molecule has 1 aromatic carbocycles. The highest BCUT2D eigenvalue weighted by atomic mass is 32.2. The summed E-state index contributed by atoms with van der Waals surface area (Å²) in [6, 6.07) is 4.50. The third kappa shape index (κ3) is 4.03. The van der Waals surface area contributed by atoms with Gasteiger partial charge in [0.1, 0.15) is 6.10 Å². The van der Waals surface area contributed by atoms with E-state index < -0.39 is 5.97 Å². The first-order valence-electron chi connectivity index (χ1n) is 6.42. The molecule has 0 radical (unpaired) electrons. The van der Waals surface area contributed by atoms with Crippen LogP contribution in [0, 0.1) is 0 Å². The van der Waals surface area contributed by atoms with Crippen LogP contribution in [-0.2, 0) is 9.47 Å². The van der Waals surface area contributed by atoms with Gasteiger partial charge in [-0.3, -0.25) is 0 Å². The maximum atomic E-state index is 11.0. The second kappa shape index (κ2) is 7.53. The van der Waals surface area contributed by atoms with Crippen LogP contribution in [-0.4, -0.2) is 55.8 Å². The molecule has 21 heavy (non-hydrogen) atoms. The molecule has 1 saturated heterocycles. The Hall–Kier alpha value is -1.44. The zero-order valence-electron chi connectivity index (χ0n) is 11.9. The van der Waals surface area contributed by atoms with Crippen LogP contribution < -0.4 is 9.47 Å². The predicted molar refractivity (Wildman–Crippen MR) is 78.4 cm³/mol. The van der Waals surface area contributed by atoms with E-state index in [0.29, 0.717) is 30.7 Å². The zero-order chi connectivity index (χ0) is 15.2. The highest BCUT2D eigenvalue weighted by Gasteiger charge is 2.31. The van der Waals surface area contributed by atoms with Crippen LogP contribution in [0.25, 0.3) is 0 Å². The fraction of sp³-hybridized carbons (Fsp3) is 0.500. The molecule has 116 valence electrons. The Morgan fingerprint density at radius 2 is 2.14 bits per heavy atom. The summed E-state index contributed by atoms with van der Waals surface area (Å²) in [6.45, 7) is 0.867. The summed E-state index contributed by atoms with van der Waals surface area (Å²) in [4.78, 5) is 11.0. The number of methoxy groups -OCH3 is 1. The van der Waals surface area contributed by atoms with E-state index in [1.54, 1.807) is 17.8 Å². The molecule has 1 fully saturated rings. The number of ether oxygens (including phenoxy) is 4. The number of rotatable bonds is 7. The molecule has 2 unspecified atom stereocenters. The molecule has 0 saturated carbocycles. The number of carbonyl (C=O) groups is 1. The van der Waals surface area contributed by atoms with Gasteiger partial charge in [0.15, 0.2) is 17.6 Å². The minimum atomic E-state index is -1.01. The number of hydrogen-bond donors (Lipinski definition) is 1. The van der Waals surface area contributed by atoms with Gasteiger partial charge in [0.05, 0.1) is 31.8 Å². The lowest BCUT2D eigenvalue weighted by Gasteiger charge is -2.21. The molecule has 0 amide bonds. The van der Waals surface area contributed by atoms with E-state index in [4.69, 9.17) is 24.1 Å². The molecule has 1 N–H and O–H groups in total. The van der Waals surface area contributed by atoms with Crippen molar-refractivity contribution in [2.24, 2.45) is 0 Å². The minimum absolute atomic E-state index is 0.145. The van der Waals surface area contributed by atoms with Crippen molar-refractivity contribution >= 4 is 17.7 Å². The lowest BCUT2D eigenvalue weighted by Crippen LogP contribution is -2.32. The number of aromatic carboxylic acids is 1. The van der Waals surface area contributed by atoms with Crippen LogP contribution in [0.15, 0.2) is 18.2 Å². The smallest absolute Gasteiger partial charge is 0.335 e. The van der Waals surface area contributed by atoms with Crippen LogP contribution in [0.2, 0.25) is 0 Å². The maximum absolute atomic E-state index is 11.0. The average Bonchev–Trinajstić information content (AvgIpc) is 2.92. The number of carboxylic acids is 1. The molecule has 1 heterocycles. The largest absolute Gasteiger partial charge is 0.493 e. The molecule has 1 aromatic rings. The molecule has 1 aliphatic rings. The Morgan fingerprint density at radius 1 is 1.38 bits per heavy atom. The molecule has 0 aliphatic carbocycles. The van der Waals surface area contributed by atoms with Crippen molar-refractivity contribution in [1.82, 2.24) is 0 Å². The molecule has 2 rings (SSSR count). The Kier molecular flexibility index (Phi) is 5.72. The third-order valence-electron chi connectivity index (χ3n) is 3.07. The van der Waals surface area contributed by atoms with Gasteiger partial charge in [0.2, 0.25) is 0 Å². The highest BCUT2D eigenvalue weighted by Crippen LogP contribution is 2.30. The van der Waals surface area contributed by atoms with Gasteiger partial charge >= 0.3 is 5.97 Å². The molecule has 1 aliphatic heterocycles. The van der Waals surface area contributed by atoms with Gasteiger partial charge in [-0.05, 0) is 24.5 Å². The maximum Gasteiger partial charge on any atom is 0.335 e. The molecule has 0 bridgehead atoms. The fourth-order valence-corrected chi connectivity index (χ4v) is 2.31. The molecule has 7 heteroatoms. The van der Waals surface area contributed by atoms with Crippen molar-refractivity contribution in [2.45, 2.75) is 12.2 Å². The van der Waals surface area contributed by atoms with E-state index in [2.05, 4.69) is 0 Å². The second-order valence-corrected chi connectivity index (χ2v) is 5.29. The quantitative estimate of drug-likeness (QED) is 0.770. The number of carboxylic acid groups (broad SMARTS) is 1. The van der Waals surface area contributed by atoms with E-state index >= 15 is 0 Å². The van der Waals surface area contributed by atoms with Gasteiger partial charge in [-0.15, -0.1) is 11.8 Å². The van der Waals surface area contributed by atoms with Crippen molar-refractivity contribution in [3.63, 3.8) is 0 Å². The SMILES string of the molecule is COc1ccc(C(=O)O)cc1OC1COCC1OCSC. The van der Waals surface area contributed by atoms with E-state index in [9.17, 15) is 4.79 Å². The first-order chi connectivity index (χ1) is 10.2. The summed E-state index contributed by atoms with van der Waals surface area (Å²) >= 11 is 1.58. The van der Waals surface area contributed by atoms with Crippen LogP contribution in [0.1, 0.15) is 10.4 Å². The highest BCUT2D eigenvalue weighted by molar-refractivity contribution is 7.98. The second-order valence-electron chi connectivity index (χ2n) is 4.48. The topological polar surface area (TPSA) is 74.2 Å². The van der Waals surface area contributed by atoms with Crippen molar-refractivity contribution in [3.8, 4) is 11.5 Å². The Labute approximate surface area is 127 Å². The van der Waals surface area contributed by atoms with Gasteiger partial charge in [0.25, 0.3) is 0 Å². The van der Waals surface area contributed by atoms with E-state index in [1.807, 2.05) is 6.26 Å². The van der Waals surface area contributed by atoms with Crippen LogP contribution in [0.4, 0.5) is 0 Å². The predicted octanol–water partition coefficient (Wildman–Crippen LogP) is 1.88. The zero-order valence-corrected chi connectivity index (χ0v) is 12.7. The molecule has 6 nitrogen and oxygen atoms in total. The number of hydrogen-bond acceptors (Lipinski definition) is 6. The first-order valence-corrected chi connectivity index (χ1v) is 7.81. The van der Waals surface area contributed by atoms with Gasteiger partial charge in [-0.25, -0.2) is 4.79 Å². The molecule has 2 atom stereocenters. The van der Waals surface area contributed by atoms with Crippen LogP contribution >= 0.6 is 11.8 Å².